The highest BCUT2D eigenvalue weighted by Crippen LogP contribution is 2.28. The van der Waals surface area contributed by atoms with Gasteiger partial charge in [0.1, 0.15) is 0 Å². The second-order valence-electron chi connectivity index (χ2n) is 2.21. The van der Waals surface area contributed by atoms with Gasteiger partial charge in [-0.15, -0.1) is 0 Å². The van der Waals surface area contributed by atoms with Gasteiger partial charge in [0.05, 0.1) is 12.5 Å². The van der Waals surface area contributed by atoms with Crippen LogP contribution in [0, 0.1) is 14.9 Å². The molecule has 0 unspecified atom stereocenters. The molecule has 0 N–H and O–H groups in total. The zero-order valence-electron chi connectivity index (χ0n) is 5.94. The maximum atomic E-state index is 8.49. The molecule has 0 bridgehead atoms. The predicted octanol–water partition coefficient (Wildman–Crippen LogP) is 3.88. The van der Waals surface area contributed by atoms with Gasteiger partial charge in [-0.25, -0.2) is 0 Å². The number of rotatable bonds is 1. The van der Waals surface area contributed by atoms with Gasteiger partial charge in [-0.2, -0.15) is 5.26 Å². The third kappa shape index (κ3) is 2.44. The lowest BCUT2D eigenvalue weighted by atomic mass is 10.2. The van der Waals surface area contributed by atoms with Crippen LogP contribution in [0.5, 0.6) is 0 Å². The van der Waals surface area contributed by atoms with Crippen molar-refractivity contribution in [3.8, 4) is 6.07 Å². The van der Waals surface area contributed by atoms with Gasteiger partial charge < -0.3 is 0 Å². The zero-order chi connectivity index (χ0) is 9.14. The third-order valence-corrected chi connectivity index (χ3v) is 5.22. The van der Waals surface area contributed by atoms with Crippen LogP contribution in [0.1, 0.15) is 5.56 Å². The van der Waals surface area contributed by atoms with Crippen molar-refractivity contribution in [1.82, 2.24) is 0 Å². The van der Waals surface area contributed by atoms with E-state index >= 15 is 0 Å². The van der Waals surface area contributed by atoms with Gasteiger partial charge in [0.25, 0.3) is 0 Å². The molecule has 0 atom stereocenters. The summed E-state index contributed by atoms with van der Waals surface area (Å²) in [7, 11) is 0. The molecule has 0 saturated heterocycles. The highest BCUT2D eigenvalue weighted by Gasteiger charge is 2.03. The van der Waals surface area contributed by atoms with Crippen LogP contribution < -0.4 is 0 Å². The van der Waals surface area contributed by atoms with Gasteiger partial charge in [0, 0.05) is 12.5 Å². The van der Waals surface area contributed by atoms with E-state index in [0.29, 0.717) is 6.42 Å². The van der Waals surface area contributed by atoms with Crippen LogP contribution in [-0.2, 0) is 6.42 Å². The molecule has 4 heteroatoms. The van der Waals surface area contributed by atoms with Crippen LogP contribution in [0.15, 0.2) is 21.1 Å². The maximum Gasteiger partial charge on any atom is 0.0669 e. The molecule has 0 spiro atoms. The quantitative estimate of drug-likeness (QED) is 0.518. The van der Waals surface area contributed by atoms with Gasteiger partial charge in [0.15, 0.2) is 0 Å². The number of benzene rings is 1. The van der Waals surface area contributed by atoms with E-state index < -0.39 is 0 Å². The summed E-state index contributed by atoms with van der Waals surface area (Å²) in [5, 5.41) is 8.49. The van der Waals surface area contributed by atoms with Crippen LogP contribution in [0.2, 0.25) is 0 Å². The summed E-state index contributed by atoms with van der Waals surface area (Å²) < 4.78 is 3.19. The SMILES string of the molecule is N#CCc1cc(Br)c(I)c(Br)c1. The molecule has 62 valence electrons. The van der Waals surface area contributed by atoms with Crippen molar-refractivity contribution in [1.29, 1.82) is 5.26 Å². The van der Waals surface area contributed by atoms with Crippen molar-refractivity contribution < 1.29 is 0 Å². The van der Waals surface area contributed by atoms with Crippen LogP contribution in [0.4, 0.5) is 0 Å². The Morgan fingerprint density at radius 2 is 1.83 bits per heavy atom. The fraction of sp³-hybridized carbons (Fsp3) is 0.125. The Hall–Kier alpha value is 0.400. The van der Waals surface area contributed by atoms with E-state index in [-0.39, 0.29) is 0 Å². The summed E-state index contributed by atoms with van der Waals surface area (Å²) >= 11 is 9.08. The van der Waals surface area contributed by atoms with Crippen molar-refractivity contribution in [3.05, 3.63) is 30.2 Å². The molecule has 0 heterocycles. The topological polar surface area (TPSA) is 23.8 Å². The molecule has 1 aromatic carbocycles. The summed E-state index contributed by atoms with van der Waals surface area (Å²) in [5.74, 6) is 0. The van der Waals surface area contributed by atoms with E-state index in [1.165, 1.54) is 0 Å². The van der Waals surface area contributed by atoms with Crippen molar-refractivity contribution in [2.75, 3.05) is 0 Å². The maximum absolute atomic E-state index is 8.49. The summed E-state index contributed by atoms with van der Waals surface area (Å²) in [6, 6.07) is 6.05. The van der Waals surface area contributed by atoms with Crippen LogP contribution in [0.3, 0.4) is 0 Å². The van der Waals surface area contributed by atoms with Crippen molar-refractivity contribution >= 4 is 54.5 Å². The lowest BCUT2D eigenvalue weighted by Gasteiger charge is -2.02. The first-order chi connectivity index (χ1) is 5.65. The van der Waals surface area contributed by atoms with E-state index in [4.69, 9.17) is 5.26 Å². The standard InChI is InChI=1S/C8H4Br2IN/c9-6-3-5(1-2-12)4-7(10)8(6)11/h3-4H,1H2. The monoisotopic (exact) mass is 399 g/mol. The molecule has 0 aliphatic heterocycles. The summed E-state index contributed by atoms with van der Waals surface area (Å²) in [5.41, 5.74) is 1.02. The number of hydrogen-bond acceptors (Lipinski definition) is 1. The Kier molecular flexibility index (Phi) is 4.00. The van der Waals surface area contributed by atoms with E-state index in [9.17, 15) is 0 Å². The van der Waals surface area contributed by atoms with Crippen molar-refractivity contribution in [3.63, 3.8) is 0 Å². The number of nitriles is 1. The molecule has 0 aliphatic rings. The smallest absolute Gasteiger partial charge is 0.0669 e. The van der Waals surface area contributed by atoms with Gasteiger partial charge in [0.2, 0.25) is 0 Å². The predicted molar refractivity (Wildman–Crippen MR) is 63.9 cm³/mol. The van der Waals surface area contributed by atoms with Gasteiger partial charge in [-0.3, -0.25) is 0 Å². The minimum atomic E-state index is 0.452. The minimum Gasteiger partial charge on any atom is -0.198 e. The molecule has 0 fully saturated rings. The Morgan fingerprint density at radius 3 is 2.25 bits per heavy atom. The summed E-state index contributed by atoms with van der Waals surface area (Å²) in [6.07, 6.45) is 0.452. The Balaban J connectivity index is 3.14. The van der Waals surface area contributed by atoms with Crippen LogP contribution in [0.25, 0.3) is 0 Å². The van der Waals surface area contributed by atoms with Crippen LogP contribution >= 0.6 is 54.5 Å². The highest BCUT2D eigenvalue weighted by atomic mass is 127. The normalized spacial score (nSPS) is 9.50. The third-order valence-electron chi connectivity index (χ3n) is 1.33. The molecule has 0 aliphatic carbocycles. The zero-order valence-corrected chi connectivity index (χ0v) is 11.3. The molecule has 1 nitrogen and oxygen atoms in total. The fourth-order valence-corrected chi connectivity index (χ4v) is 2.39. The van der Waals surface area contributed by atoms with Crippen LogP contribution in [-0.4, -0.2) is 0 Å². The molecule has 1 aromatic rings. The number of halogens is 3. The average Bonchev–Trinajstić information content (AvgIpc) is 2.01. The first-order valence-corrected chi connectivity index (χ1v) is 5.82. The second-order valence-corrected chi connectivity index (χ2v) is 5.00. The second kappa shape index (κ2) is 4.58. The lowest BCUT2D eigenvalue weighted by molar-refractivity contribution is 1.24. The number of hydrogen-bond donors (Lipinski definition) is 0. The minimum absolute atomic E-state index is 0.452. The molecule has 12 heavy (non-hydrogen) atoms. The van der Waals surface area contributed by atoms with E-state index in [0.717, 1.165) is 18.1 Å². The Morgan fingerprint density at radius 1 is 1.33 bits per heavy atom. The van der Waals surface area contributed by atoms with E-state index in [1.807, 2.05) is 12.1 Å². The molecule has 0 aromatic heterocycles. The average molecular weight is 401 g/mol. The highest BCUT2D eigenvalue weighted by molar-refractivity contribution is 14.1. The Bertz CT molecular complexity index is 320. The summed E-state index contributed by atoms with van der Waals surface area (Å²) in [6.45, 7) is 0. The lowest BCUT2D eigenvalue weighted by Crippen LogP contribution is -1.85. The molecular formula is C8H4Br2IN. The van der Waals surface area contributed by atoms with Gasteiger partial charge in [-0.1, -0.05) is 0 Å². The van der Waals surface area contributed by atoms with E-state index in [1.54, 1.807) is 0 Å². The molecule has 0 radical (unpaired) electrons. The fourth-order valence-electron chi connectivity index (χ4n) is 0.801. The molecule has 0 saturated carbocycles. The number of nitrogens with zero attached hydrogens (tertiary/aromatic N) is 1. The van der Waals surface area contributed by atoms with Crippen molar-refractivity contribution in [2.45, 2.75) is 6.42 Å². The largest absolute Gasteiger partial charge is 0.198 e. The van der Waals surface area contributed by atoms with Gasteiger partial charge in [-0.05, 0) is 72.1 Å². The molecule has 0 amide bonds. The van der Waals surface area contributed by atoms with E-state index in [2.05, 4.69) is 60.5 Å². The molecular weight excluding hydrogens is 397 g/mol. The summed E-state index contributed by atoms with van der Waals surface area (Å²) in [4.78, 5) is 0. The van der Waals surface area contributed by atoms with Crippen molar-refractivity contribution in [2.24, 2.45) is 0 Å². The first kappa shape index (κ1) is 10.5. The Labute approximate surface area is 102 Å². The molecule has 1 rings (SSSR count). The van der Waals surface area contributed by atoms with Gasteiger partial charge >= 0.3 is 0 Å². The first-order valence-electron chi connectivity index (χ1n) is 3.15.